The Morgan fingerprint density at radius 2 is 1.73 bits per heavy atom. The Hall–Kier alpha value is -2.94. The van der Waals surface area contributed by atoms with Gasteiger partial charge in [-0.25, -0.2) is 4.79 Å². The number of likely N-dealkylation sites (tertiary alicyclic amines) is 1. The lowest BCUT2D eigenvalue weighted by Crippen LogP contribution is -2.53. The molecule has 2 heterocycles. The molecule has 0 unspecified atom stereocenters. The number of nitrogens with one attached hydrogen (secondary N) is 1. The predicted molar refractivity (Wildman–Crippen MR) is 124 cm³/mol. The maximum Gasteiger partial charge on any atom is 0.416 e. The maximum atomic E-state index is 12.9. The van der Waals surface area contributed by atoms with E-state index in [9.17, 15) is 22.8 Å². The number of amides is 3. The molecule has 0 aliphatic carbocycles. The minimum Gasteiger partial charge on any atom is -0.324 e. The summed E-state index contributed by atoms with van der Waals surface area (Å²) < 4.78 is 38.8. The van der Waals surface area contributed by atoms with Crippen molar-refractivity contribution in [2.24, 2.45) is 0 Å². The molecule has 2 fully saturated rings. The number of halogens is 3. The quantitative estimate of drug-likeness (QED) is 0.612. The van der Waals surface area contributed by atoms with Gasteiger partial charge in [0.05, 0.1) is 10.4 Å². The highest BCUT2D eigenvalue weighted by molar-refractivity contribution is 8.00. The third-order valence-corrected chi connectivity index (χ3v) is 7.49. The van der Waals surface area contributed by atoms with E-state index in [2.05, 4.69) is 5.32 Å². The van der Waals surface area contributed by atoms with Crippen molar-refractivity contribution in [2.75, 3.05) is 30.7 Å². The van der Waals surface area contributed by atoms with Gasteiger partial charge in [0.25, 0.3) is 0 Å². The normalized spacial score (nSPS) is 18.2. The molecular weight excluding hydrogens is 451 g/mol. The van der Waals surface area contributed by atoms with Crippen LogP contribution in [-0.4, -0.2) is 52.0 Å². The number of benzene rings is 2. The summed E-state index contributed by atoms with van der Waals surface area (Å²) in [5, 5.41) is 2.56. The van der Waals surface area contributed by atoms with Gasteiger partial charge in [0.1, 0.15) is 0 Å². The summed E-state index contributed by atoms with van der Waals surface area (Å²) >= 11 is 1.73. The van der Waals surface area contributed by atoms with Crippen LogP contribution in [0.4, 0.5) is 23.7 Å². The summed E-state index contributed by atoms with van der Waals surface area (Å²) in [5.41, 5.74) is 0.249. The Morgan fingerprint density at radius 1 is 1.00 bits per heavy atom. The molecule has 2 aromatic carbocycles. The zero-order valence-corrected chi connectivity index (χ0v) is 18.7. The number of carbonyl (C=O) groups is 2. The highest BCUT2D eigenvalue weighted by Gasteiger charge is 2.46. The Bertz CT molecular complexity index is 1030. The van der Waals surface area contributed by atoms with E-state index < -0.39 is 17.8 Å². The number of nitrogens with zero attached hydrogens (tertiary/aromatic N) is 2. The van der Waals surface area contributed by atoms with Crippen molar-refractivity contribution in [3.8, 4) is 0 Å². The van der Waals surface area contributed by atoms with Crippen LogP contribution < -0.4 is 5.32 Å². The summed E-state index contributed by atoms with van der Waals surface area (Å²) in [7, 11) is 0. The second-order valence-electron chi connectivity index (χ2n) is 8.02. The molecule has 33 heavy (non-hydrogen) atoms. The third-order valence-electron chi connectivity index (χ3n) is 5.93. The highest BCUT2D eigenvalue weighted by atomic mass is 32.2. The molecule has 4 rings (SSSR count). The van der Waals surface area contributed by atoms with Crippen LogP contribution in [-0.2, 0) is 11.0 Å². The van der Waals surface area contributed by atoms with Gasteiger partial charge in [-0.2, -0.15) is 13.2 Å². The molecule has 0 aromatic heterocycles. The second kappa shape index (κ2) is 9.51. The van der Waals surface area contributed by atoms with E-state index in [-0.39, 0.29) is 16.5 Å². The minimum atomic E-state index is -4.47. The number of carbonyl (C=O) groups excluding carboxylic acids is 2. The van der Waals surface area contributed by atoms with Crippen LogP contribution in [0, 0.1) is 0 Å². The fraction of sp³-hybridized carbons (Fsp3) is 0.333. The van der Waals surface area contributed by atoms with Gasteiger partial charge in [0.15, 0.2) is 0 Å². The average Bonchev–Trinajstić information content (AvgIpc) is 3.21. The molecule has 174 valence electrons. The Labute approximate surface area is 194 Å². The van der Waals surface area contributed by atoms with E-state index >= 15 is 0 Å². The monoisotopic (exact) mass is 475 g/mol. The predicted octanol–water partition coefficient (Wildman–Crippen LogP) is 5.32. The Kier molecular flexibility index (Phi) is 6.69. The van der Waals surface area contributed by atoms with Crippen LogP contribution >= 0.6 is 11.8 Å². The number of rotatable bonds is 3. The molecule has 2 saturated heterocycles. The van der Waals surface area contributed by atoms with Gasteiger partial charge in [0, 0.05) is 37.2 Å². The lowest BCUT2D eigenvalue weighted by atomic mass is 10.0. The summed E-state index contributed by atoms with van der Waals surface area (Å²) in [4.78, 5) is 28.7. The lowest BCUT2D eigenvalue weighted by molar-refractivity contribution is -0.137. The topological polar surface area (TPSA) is 52.7 Å². The minimum absolute atomic E-state index is 0.0503. The number of anilines is 1. The van der Waals surface area contributed by atoms with Gasteiger partial charge in [0.2, 0.25) is 5.91 Å². The summed E-state index contributed by atoms with van der Waals surface area (Å²) in [5.74, 6) is 0.784. The van der Waals surface area contributed by atoms with Crippen molar-refractivity contribution >= 4 is 35.5 Å². The summed E-state index contributed by atoms with van der Waals surface area (Å²) in [6.07, 6.45) is 0.145. The molecule has 1 spiro atoms. The Morgan fingerprint density at radius 3 is 2.42 bits per heavy atom. The maximum absolute atomic E-state index is 12.9. The largest absolute Gasteiger partial charge is 0.416 e. The molecule has 2 aromatic rings. The number of thioether (sulfide) groups is 1. The van der Waals surface area contributed by atoms with Crippen molar-refractivity contribution in [3.63, 3.8) is 0 Å². The number of hydrogen-bond acceptors (Lipinski definition) is 3. The second-order valence-corrected chi connectivity index (χ2v) is 9.48. The number of piperidine rings is 1. The first-order chi connectivity index (χ1) is 15.8. The van der Waals surface area contributed by atoms with Crippen molar-refractivity contribution in [1.29, 1.82) is 0 Å². The van der Waals surface area contributed by atoms with E-state index in [0.717, 1.165) is 23.4 Å². The van der Waals surface area contributed by atoms with Gasteiger partial charge in [-0.05, 0) is 42.7 Å². The summed E-state index contributed by atoms with van der Waals surface area (Å²) in [6, 6.07) is 13.8. The molecule has 9 heteroatoms. The smallest absolute Gasteiger partial charge is 0.324 e. The lowest BCUT2D eigenvalue weighted by Gasteiger charge is -2.43. The molecule has 2 aliphatic rings. The van der Waals surface area contributed by atoms with Crippen molar-refractivity contribution < 1.29 is 22.8 Å². The first kappa shape index (κ1) is 23.2. The van der Waals surface area contributed by atoms with E-state index in [1.54, 1.807) is 28.8 Å². The fourth-order valence-electron chi connectivity index (χ4n) is 4.19. The molecular formula is C24H24F3N3O2S. The SMILES string of the molecule is O=C(Nc1cccc(C(F)(F)F)c1)N1CCC2(CC1)SCCN2C(=O)C=Cc1ccccc1. The number of alkyl halides is 3. The van der Waals surface area contributed by atoms with E-state index in [1.807, 2.05) is 35.2 Å². The van der Waals surface area contributed by atoms with Crippen LogP contribution in [0.25, 0.3) is 6.08 Å². The van der Waals surface area contributed by atoms with Gasteiger partial charge >= 0.3 is 12.2 Å². The van der Waals surface area contributed by atoms with Gasteiger partial charge in [-0.15, -0.1) is 11.8 Å². The Balaban J connectivity index is 1.36. The van der Waals surface area contributed by atoms with Crippen LogP contribution in [0.5, 0.6) is 0 Å². The number of hydrogen-bond donors (Lipinski definition) is 1. The first-order valence-electron chi connectivity index (χ1n) is 10.7. The fourth-order valence-corrected chi connectivity index (χ4v) is 5.65. The van der Waals surface area contributed by atoms with Crippen LogP contribution in [0.3, 0.4) is 0 Å². The van der Waals surface area contributed by atoms with Gasteiger partial charge < -0.3 is 15.1 Å². The van der Waals surface area contributed by atoms with Crippen molar-refractivity contribution in [2.45, 2.75) is 23.9 Å². The highest BCUT2D eigenvalue weighted by Crippen LogP contribution is 2.44. The standard InChI is InChI=1S/C24H24F3N3O2S/c25-24(26,27)19-7-4-8-20(17-19)28-22(32)29-13-11-23(12-14-29)30(15-16-33-23)21(31)10-9-18-5-2-1-3-6-18/h1-10,17H,11-16H2,(H,28,32). The van der Waals surface area contributed by atoms with Crippen LogP contribution in [0.1, 0.15) is 24.0 Å². The summed E-state index contributed by atoms with van der Waals surface area (Å²) in [6.45, 7) is 1.49. The van der Waals surface area contributed by atoms with E-state index in [4.69, 9.17) is 0 Å². The van der Waals surface area contributed by atoms with E-state index in [0.29, 0.717) is 32.5 Å². The van der Waals surface area contributed by atoms with E-state index in [1.165, 1.54) is 12.1 Å². The molecule has 3 amide bonds. The average molecular weight is 476 g/mol. The molecule has 0 atom stereocenters. The van der Waals surface area contributed by atoms with Crippen LogP contribution in [0.15, 0.2) is 60.7 Å². The van der Waals surface area contributed by atoms with Crippen molar-refractivity contribution in [3.05, 3.63) is 71.8 Å². The zero-order valence-electron chi connectivity index (χ0n) is 17.8. The molecule has 5 nitrogen and oxygen atoms in total. The molecule has 1 N–H and O–H groups in total. The zero-order chi connectivity index (χ0) is 23.5. The van der Waals surface area contributed by atoms with Crippen molar-refractivity contribution in [1.82, 2.24) is 9.80 Å². The molecule has 0 bridgehead atoms. The first-order valence-corrected chi connectivity index (χ1v) is 11.7. The molecule has 0 saturated carbocycles. The van der Waals surface area contributed by atoms with Crippen LogP contribution in [0.2, 0.25) is 0 Å². The molecule has 0 radical (unpaired) electrons. The van der Waals surface area contributed by atoms with Gasteiger partial charge in [-0.1, -0.05) is 36.4 Å². The van der Waals surface area contributed by atoms with Gasteiger partial charge in [-0.3, -0.25) is 4.79 Å². The third kappa shape index (κ3) is 5.35. The number of urea groups is 1. The molecule has 2 aliphatic heterocycles.